The molecule has 13 heavy (non-hydrogen) atoms. The van der Waals surface area contributed by atoms with E-state index in [2.05, 4.69) is 44.4 Å². The van der Waals surface area contributed by atoms with Gasteiger partial charge in [-0.15, -0.1) is 11.3 Å². The van der Waals surface area contributed by atoms with Crippen LogP contribution in [0.15, 0.2) is 28.1 Å². The molecule has 1 aromatic heterocycles. The van der Waals surface area contributed by atoms with Crippen molar-refractivity contribution in [1.82, 2.24) is 4.90 Å². The standard InChI is InChI=1S/C10H12BrNS/c11-9-3-1-5-12(7-9)8-10-4-2-6-13-10/h2-4,6H,1,5,7-8H2. The molecule has 0 N–H and O–H groups in total. The van der Waals surface area contributed by atoms with Gasteiger partial charge >= 0.3 is 0 Å². The number of nitrogens with zero attached hydrogens (tertiary/aromatic N) is 1. The second-order valence-corrected chi connectivity index (χ2v) is 5.28. The summed E-state index contributed by atoms with van der Waals surface area (Å²) in [7, 11) is 0. The van der Waals surface area contributed by atoms with Gasteiger partial charge < -0.3 is 0 Å². The van der Waals surface area contributed by atoms with Crippen LogP contribution < -0.4 is 0 Å². The van der Waals surface area contributed by atoms with E-state index in [1.165, 1.54) is 22.3 Å². The maximum atomic E-state index is 3.56. The van der Waals surface area contributed by atoms with E-state index in [1.807, 2.05) is 11.3 Å². The van der Waals surface area contributed by atoms with E-state index in [9.17, 15) is 0 Å². The Bertz CT molecular complexity index is 292. The molecule has 1 aliphatic rings. The first-order valence-electron chi connectivity index (χ1n) is 4.44. The van der Waals surface area contributed by atoms with Crippen LogP contribution in [0.25, 0.3) is 0 Å². The van der Waals surface area contributed by atoms with Gasteiger partial charge in [-0.3, -0.25) is 4.90 Å². The minimum absolute atomic E-state index is 1.07. The van der Waals surface area contributed by atoms with Crippen molar-refractivity contribution in [3.05, 3.63) is 32.9 Å². The molecule has 0 amide bonds. The second kappa shape index (κ2) is 4.40. The van der Waals surface area contributed by atoms with Crippen molar-refractivity contribution in [2.75, 3.05) is 13.1 Å². The van der Waals surface area contributed by atoms with Gasteiger partial charge in [-0.1, -0.05) is 28.1 Å². The Hall–Kier alpha value is -0.120. The number of rotatable bonds is 2. The highest BCUT2D eigenvalue weighted by Gasteiger charge is 2.10. The highest BCUT2D eigenvalue weighted by atomic mass is 79.9. The largest absolute Gasteiger partial charge is 0.293 e. The van der Waals surface area contributed by atoms with Crippen molar-refractivity contribution in [1.29, 1.82) is 0 Å². The van der Waals surface area contributed by atoms with E-state index in [4.69, 9.17) is 0 Å². The highest BCUT2D eigenvalue weighted by Crippen LogP contribution is 2.18. The average molecular weight is 258 g/mol. The molecule has 0 spiro atoms. The minimum atomic E-state index is 1.07. The Morgan fingerprint density at radius 1 is 1.54 bits per heavy atom. The summed E-state index contributed by atoms with van der Waals surface area (Å²) in [6, 6.07) is 4.33. The van der Waals surface area contributed by atoms with E-state index in [-0.39, 0.29) is 0 Å². The third-order valence-corrected chi connectivity index (χ3v) is 3.58. The molecule has 0 aromatic carbocycles. The maximum absolute atomic E-state index is 3.56. The van der Waals surface area contributed by atoms with E-state index in [0.29, 0.717) is 0 Å². The van der Waals surface area contributed by atoms with Crippen molar-refractivity contribution in [2.45, 2.75) is 13.0 Å². The normalized spacial score (nSPS) is 18.7. The third kappa shape index (κ3) is 2.66. The van der Waals surface area contributed by atoms with Crippen LogP contribution in [0.2, 0.25) is 0 Å². The fraction of sp³-hybridized carbons (Fsp3) is 0.400. The zero-order chi connectivity index (χ0) is 9.10. The summed E-state index contributed by atoms with van der Waals surface area (Å²) in [6.07, 6.45) is 3.44. The topological polar surface area (TPSA) is 3.24 Å². The van der Waals surface area contributed by atoms with Gasteiger partial charge in [0.1, 0.15) is 0 Å². The molecule has 1 aliphatic heterocycles. The monoisotopic (exact) mass is 257 g/mol. The van der Waals surface area contributed by atoms with Gasteiger partial charge in [-0.2, -0.15) is 0 Å². The molecule has 0 unspecified atom stereocenters. The third-order valence-electron chi connectivity index (χ3n) is 2.15. The van der Waals surface area contributed by atoms with Crippen LogP contribution >= 0.6 is 27.3 Å². The van der Waals surface area contributed by atoms with Gasteiger partial charge in [0.25, 0.3) is 0 Å². The molecule has 0 saturated carbocycles. The fourth-order valence-corrected chi connectivity index (χ4v) is 2.85. The van der Waals surface area contributed by atoms with Crippen molar-refractivity contribution in [2.24, 2.45) is 0 Å². The molecule has 0 bridgehead atoms. The van der Waals surface area contributed by atoms with Crippen LogP contribution in [-0.4, -0.2) is 18.0 Å². The molecule has 70 valence electrons. The van der Waals surface area contributed by atoms with Crippen molar-refractivity contribution in [3.63, 3.8) is 0 Å². The van der Waals surface area contributed by atoms with Crippen LogP contribution in [0.4, 0.5) is 0 Å². The summed E-state index contributed by atoms with van der Waals surface area (Å²) >= 11 is 5.40. The minimum Gasteiger partial charge on any atom is -0.293 e. The second-order valence-electron chi connectivity index (χ2n) is 3.23. The molecule has 0 atom stereocenters. The fourth-order valence-electron chi connectivity index (χ4n) is 1.52. The zero-order valence-electron chi connectivity index (χ0n) is 7.37. The summed E-state index contributed by atoms with van der Waals surface area (Å²) in [6.45, 7) is 3.35. The molecule has 0 saturated heterocycles. The molecule has 0 aliphatic carbocycles. The lowest BCUT2D eigenvalue weighted by Gasteiger charge is -2.24. The molecule has 1 nitrogen and oxygen atoms in total. The molecule has 1 aromatic rings. The summed E-state index contributed by atoms with van der Waals surface area (Å²) in [4.78, 5) is 3.93. The molecular weight excluding hydrogens is 246 g/mol. The van der Waals surface area contributed by atoms with E-state index in [1.54, 1.807) is 0 Å². The van der Waals surface area contributed by atoms with Crippen LogP contribution in [0, 0.1) is 0 Å². The van der Waals surface area contributed by atoms with E-state index < -0.39 is 0 Å². The summed E-state index contributed by atoms with van der Waals surface area (Å²) in [5.41, 5.74) is 0. The summed E-state index contributed by atoms with van der Waals surface area (Å²) < 4.78 is 1.33. The van der Waals surface area contributed by atoms with Gasteiger partial charge in [0.15, 0.2) is 0 Å². The number of hydrogen-bond acceptors (Lipinski definition) is 2. The Labute approximate surface area is 91.2 Å². The van der Waals surface area contributed by atoms with Crippen molar-refractivity contribution >= 4 is 27.3 Å². The van der Waals surface area contributed by atoms with Crippen LogP contribution in [0.3, 0.4) is 0 Å². The lowest BCUT2D eigenvalue weighted by atomic mass is 10.2. The predicted octanol–water partition coefficient (Wildman–Crippen LogP) is 3.23. The zero-order valence-corrected chi connectivity index (χ0v) is 9.77. The summed E-state index contributed by atoms with van der Waals surface area (Å²) in [5.74, 6) is 0. The average Bonchev–Trinajstić information content (AvgIpc) is 2.57. The van der Waals surface area contributed by atoms with Gasteiger partial charge in [0.2, 0.25) is 0 Å². The lowest BCUT2D eigenvalue weighted by Crippen LogP contribution is -2.27. The Kier molecular flexibility index (Phi) is 3.19. The number of halogens is 1. The van der Waals surface area contributed by atoms with Gasteiger partial charge in [-0.05, 0) is 17.9 Å². The highest BCUT2D eigenvalue weighted by molar-refractivity contribution is 9.11. The van der Waals surface area contributed by atoms with Crippen LogP contribution in [0.1, 0.15) is 11.3 Å². The maximum Gasteiger partial charge on any atom is 0.0331 e. The molecule has 2 rings (SSSR count). The molecular formula is C10H12BrNS. The Morgan fingerprint density at radius 3 is 3.15 bits per heavy atom. The Morgan fingerprint density at radius 2 is 2.46 bits per heavy atom. The quantitative estimate of drug-likeness (QED) is 0.787. The molecule has 2 heterocycles. The smallest absolute Gasteiger partial charge is 0.0331 e. The predicted molar refractivity (Wildman–Crippen MR) is 61.2 cm³/mol. The first-order valence-corrected chi connectivity index (χ1v) is 6.11. The van der Waals surface area contributed by atoms with E-state index in [0.717, 1.165) is 13.1 Å². The van der Waals surface area contributed by atoms with Crippen LogP contribution in [-0.2, 0) is 6.54 Å². The van der Waals surface area contributed by atoms with Gasteiger partial charge in [-0.25, -0.2) is 0 Å². The number of hydrogen-bond donors (Lipinski definition) is 0. The van der Waals surface area contributed by atoms with Crippen molar-refractivity contribution < 1.29 is 0 Å². The molecule has 0 radical (unpaired) electrons. The first kappa shape index (κ1) is 9.44. The van der Waals surface area contributed by atoms with E-state index >= 15 is 0 Å². The van der Waals surface area contributed by atoms with Gasteiger partial charge in [0, 0.05) is 29.0 Å². The lowest BCUT2D eigenvalue weighted by molar-refractivity contribution is 0.291. The SMILES string of the molecule is BrC1=CCCN(Cc2cccs2)C1. The number of thiophene rings is 1. The summed E-state index contributed by atoms with van der Waals surface area (Å²) in [5, 5.41) is 2.14. The van der Waals surface area contributed by atoms with Crippen LogP contribution in [0.5, 0.6) is 0 Å². The first-order chi connectivity index (χ1) is 6.34. The Balaban J connectivity index is 1.93. The molecule has 3 heteroatoms. The van der Waals surface area contributed by atoms with Gasteiger partial charge in [0.05, 0.1) is 0 Å². The molecule has 0 fully saturated rings. The van der Waals surface area contributed by atoms with Crippen molar-refractivity contribution in [3.8, 4) is 0 Å².